The van der Waals surface area contributed by atoms with Gasteiger partial charge in [0.1, 0.15) is 0 Å². The van der Waals surface area contributed by atoms with E-state index in [4.69, 9.17) is 0 Å². The minimum absolute atomic E-state index is 0.140. The van der Waals surface area contributed by atoms with E-state index >= 15 is 0 Å². The summed E-state index contributed by atoms with van der Waals surface area (Å²) in [7, 11) is 0. The van der Waals surface area contributed by atoms with Crippen LogP contribution in [0.15, 0.2) is 0 Å². The fourth-order valence-electron chi connectivity index (χ4n) is 3.14. The van der Waals surface area contributed by atoms with Crippen LogP contribution in [0.25, 0.3) is 0 Å². The van der Waals surface area contributed by atoms with E-state index in [2.05, 4.69) is 20.8 Å². The van der Waals surface area contributed by atoms with Gasteiger partial charge in [-0.25, -0.2) is 0 Å². The smallest absolute Gasteiger partial charge is 0.0512 e. The van der Waals surface area contributed by atoms with Crippen LogP contribution in [0.5, 0.6) is 0 Å². The maximum atomic E-state index is 9.64. The summed E-state index contributed by atoms with van der Waals surface area (Å²) in [4.78, 5) is 0. The molecule has 0 saturated heterocycles. The summed E-state index contributed by atoms with van der Waals surface area (Å²) in [6.45, 7) is 12.4. The number of rotatable bonds is 11. The van der Waals surface area contributed by atoms with E-state index in [-0.39, 0.29) is 23.7 Å². The van der Waals surface area contributed by atoms with Crippen molar-refractivity contribution in [2.45, 2.75) is 98.4 Å². The third kappa shape index (κ3) is 8.18. The molecule has 0 aromatic rings. The Hall–Kier alpha value is -0.120. The lowest BCUT2D eigenvalue weighted by atomic mass is 9.63. The maximum absolute atomic E-state index is 9.64. The van der Waals surface area contributed by atoms with Crippen molar-refractivity contribution in [1.82, 2.24) is 0 Å². The molecule has 0 aliphatic heterocycles. The lowest BCUT2D eigenvalue weighted by molar-refractivity contribution is 0.0472. The monoisotopic (exact) mass is 302 g/mol. The van der Waals surface area contributed by atoms with Crippen molar-refractivity contribution in [2.24, 2.45) is 17.3 Å². The van der Waals surface area contributed by atoms with Gasteiger partial charge < -0.3 is 15.3 Å². The highest BCUT2D eigenvalue weighted by atomic mass is 16.3. The van der Waals surface area contributed by atoms with Crippen molar-refractivity contribution in [3.63, 3.8) is 0 Å². The Morgan fingerprint density at radius 1 is 0.619 bits per heavy atom. The SMILES string of the molecule is CC(O)CCC(C)C(C)(CCC(C)O)C(C)CCC(C)O. The molecule has 3 N–H and O–H groups in total. The number of hydrogen-bond donors (Lipinski definition) is 3. The summed E-state index contributed by atoms with van der Waals surface area (Å²) < 4.78 is 0. The van der Waals surface area contributed by atoms with Gasteiger partial charge in [0.25, 0.3) is 0 Å². The van der Waals surface area contributed by atoms with Gasteiger partial charge in [-0.05, 0) is 76.5 Å². The van der Waals surface area contributed by atoms with Gasteiger partial charge in [0.05, 0.1) is 18.3 Å². The van der Waals surface area contributed by atoms with Crippen LogP contribution in [0.2, 0.25) is 0 Å². The predicted molar refractivity (Wildman–Crippen MR) is 89.2 cm³/mol. The fourth-order valence-corrected chi connectivity index (χ4v) is 3.14. The maximum Gasteiger partial charge on any atom is 0.0512 e. The Labute approximate surface area is 131 Å². The standard InChI is InChI=1S/C18H38O3/c1-13(7-9-15(3)19)18(6,12-11-17(5)21)14(2)8-10-16(4)20/h13-17,19-21H,7-12H2,1-6H3. The largest absolute Gasteiger partial charge is 0.393 e. The zero-order valence-electron chi connectivity index (χ0n) is 15.0. The Morgan fingerprint density at radius 3 is 1.24 bits per heavy atom. The molecule has 0 heterocycles. The van der Waals surface area contributed by atoms with E-state index in [0.29, 0.717) is 11.8 Å². The summed E-state index contributed by atoms with van der Waals surface area (Å²) in [5.41, 5.74) is 0.140. The number of hydrogen-bond acceptors (Lipinski definition) is 3. The lowest BCUT2D eigenvalue weighted by Gasteiger charge is -2.42. The van der Waals surface area contributed by atoms with Crippen molar-refractivity contribution in [3.05, 3.63) is 0 Å². The molecule has 3 nitrogen and oxygen atoms in total. The molecule has 0 spiro atoms. The average molecular weight is 302 g/mol. The van der Waals surface area contributed by atoms with Crippen molar-refractivity contribution in [3.8, 4) is 0 Å². The Balaban J connectivity index is 4.79. The molecule has 0 saturated carbocycles. The molecule has 0 aliphatic rings. The first-order valence-corrected chi connectivity index (χ1v) is 8.63. The molecule has 0 fully saturated rings. The van der Waals surface area contributed by atoms with Crippen molar-refractivity contribution in [2.75, 3.05) is 0 Å². The van der Waals surface area contributed by atoms with Crippen LogP contribution in [-0.2, 0) is 0 Å². The van der Waals surface area contributed by atoms with E-state index in [0.717, 1.165) is 38.5 Å². The third-order valence-electron chi connectivity index (χ3n) is 5.39. The molecule has 5 unspecified atom stereocenters. The van der Waals surface area contributed by atoms with E-state index < -0.39 is 0 Å². The van der Waals surface area contributed by atoms with Crippen LogP contribution < -0.4 is 0 Å². The summed E-state index contributed by atoms with van der Waals surface area (Å²) in [5.74, 6) is 0.990. The second kappa shape index (κ2) is 9.81. The highest BCUT2D eigenvalue weighted by molar-refractivity contribution is 4.86. The second-order valence-electron chi connectivity index (χ2n) is 7.55. The van der Waals surface area contributed by atoms with E-state index in [1.165, 1.54) is 0 Å². The predicted octanol–water partition coefficient (Wildman–Crippen LogP) is 3.75. The summed E-state index contributed by atoms with van der Waals surface area (Å²) in [6.07, 6.45) is 4.71. The molecule has 0 radical (unpaired) electrons. The van der Waals surface area contributed by atoms with E-state index in [1.54, 1.807) is 0 Å². The van der Waals surface area contributed by atoms with Crippen molar-refractivity contribution in [1.29, 1.82) is 0 Å². The van der Waals surface area contributed by atoms with Crippen LogP contribution in [-0.4, -0.2) is 33.6 Å². The molecule has 128 valence electrons. The van der Waals surface area contributed by atoms with Crippen LogP contribution in [0, 0.1) is 17.3 Å². The number of aliphatic hydroxyl groups excluding tert-OH is 3. The molecule has 0 rings (SSSR count). The Kier molecular flexibility index (Phi) is 9.75. The van der Waals surface area contributed by atoms with Crippen LogP contribution in [0.4, 0.5) is 0 Å². The summed E-state index contributed by atoms with van der Waals surface area (Å²) in [5, 5.41) is 28.7. The van der Waals surface area contributed by atoms with Gasteiger partial charge >= 0.3 is 0 Å². The quantitative estimate of drug-likeness (QED) is 0.545. The van der Waals surface area contributed by atoms with Gasteiger partial charge in [-0.2, -0.15) is 0 Å². The van der Waals surface area contributed by atoms with E-state index in [9.17, 15) is 15.3 Å². The third-order valence-corrected chi connectivity index (χ3v) is 5.39. The minimum Gasteiger partial charge on any atom is -0.393 e. The summed E-state index contributed by atoms with van der Waals surface area (Å²) in [6, 6.07) is 0. The van der Waals surface area contributed by atoms with Crippen molar-refractivity contribution < 1.29 is 15.3 Å². The zero-order valence-corrected chi connectivity index (χ0v) is 15.0. The first-order chi connectivity index (χ1) is 9.59. The molecular weight excluding hydrogens is 264 g/mol. The molecule has 3 heteroatoms. The fraction of sp³-hybridized carbons (Fsp3) is 1.00. The molecular formula is C18H38O3. The highest BCUT2D eigenvalue weighted by Gasteiger charge is 2.36. The topological polar surface area (TPSA) is 60.7 Å². The normalized spacial score (nSPS) is 22.1. The van der Waals surface area contributed by atoms with Gasteiger partial charge in [0.2, 0.25) is 0 Å². The molecule has 5 atom stereocenters. The van der Waals surface area contributed by atoms with Crippen molar-refractivity contribution >= 4 is 0 Å². The van der Waals surface area contributed by atoms with Crippen LogP contribution in [0.1, 0.15) is 80.1 Å². The van der Waals surface area contributed by atoms with Gasteiger partial charge in [0.15, 0.2) is 0 Å². The zero-order chi connectivity index (χ0) is 16.6. The van der Waals surface area contributed by atoms with Gasteiger partial charge in [-0.15, -0.1) is 0 Å². The molecule has 21 heavy (non-hydrogen) atoms. The molecule has 0 amide bonds. The van der Waals surface area contributed by atoms with E-state index in [1.807, 2.05) is 20.8 Å². The average Bonchev–Trinajstić information content (AvgIpc) is 2.38. The molecule has 0 aromatic carbocycles. The summed E-state index contributed by atoms with van der Waals surface area (Å²) >= 11 is 0. The molecule has 0 aliphatic carbocycles. The first-order valence-electron chi connectivity index (χ1n) is 8.63. The van der Waals surface area contributed by atoms with Crippen LogP contribution in [0.3, 0.4) is 0 Å². The Bertz CT molecular complexity index is 243. The molecule has 0 bridgehead atoms. The lowest BCUT2D eigenvalue weighted by Crippen LogP contribution is -2.34. The highest BCUT2D eigenvalue weighted by Crippen LogP contribution is 2.44. The first kappa shape index (κ1) is 20.9. The van der Waals surface area contributed by atoms with Crippen LogP contribution >= 0.6 is 0 Å². The Morgan fingerprint density at radius 2 is 0.952 bits per heavy atom. The van der Waals surface area contributed by atoms with Gasteiger partial charge in [-0.3, -0.25) is 0 Å². The second-order valence-corrected chi connectivity index (χ2v) is 7.55. The molecule has 0 aromatic heterocycles. The minimum atomic E-state index is -0.266. The van der Waals surface area contributed by atoms with Gasteiger partial charge in [-0.1, -0.05) is 20.8 Å². The van der Waals surface area contributed by atoms with Gasteiger partial charge in [0, 0.05) is 0 Å². The number of aliphatic hydroxyl groups is 3.